The molecule has 1 amide bonds. The van der Waals surface area contributed by atoms with Crippen molar-refractivity contribution < 1.29 is 19.4 Å². The number of ether oxygens (including phenoxy) is 1. The average Bonchev–Trinajstić information content (AvgIpc) is 2.65. The molecule has 134 valence electrons. The van der Waals surface area contributed by atoms with Gasteiger partial charge < -0.3 is 20.9 Å². The molecule has 0 saturated heterocycles. The lowest BCUT2D eigenvalue weighted by atomic mass is 10.1. The number of nitrogen functional groups attached to an aromatic ring is 1. The van der Waals surface area contributed by atoms with E-state index in [1.165, 1.54) is 14.0 Å². The largest absolute Gasteiger partial charge is 0.467 e. The minimum atomic E-state index is -1.13. The molecule has 2 atom stereocenters. The maximum atomic E-state index is 12.2. The number of carbonyl (C=O) groups is 2. The van der Waals surface area contributed by atoms with Crippen molar-refractivity contribution in [2.24, 2.45) is 0 Å². The SMILES string of the molecule is COC(=O)C(NC(=O)c1ccc(C#Cc2ccc(N)cc2)cc1)C(C)O. The van der Waals surface area contributed by atoms with Crippen molar-refractivity contribution >= 4 is 17.6 Å². The number of carbonyl (C=O) groups excluding carboxylic acids is 2. The van der Waals surface area contributed by atoms with Crippen LogP contribution in [0.3, 0.4) is 0 Å². The number of benzene rings is 2. The summed E-state index contributed by atoms with van der Waals surface area (Å²) >= 11 is 0. The molecular weight excluding hydrogens is 332 g/mol. The number of esters is 1. The van der Waals surface area contributed by atoms with E-state index in [2.05, 4.69) is 21.9 Å². The van der Waals surface area contributed by atoms with Crippen molar-refractivity contribution in [3.8, 4) is 11.8 Å². The predicted molar refractivity (Wildman–Crippen MR) is 98.2 cm³/mol. The molecule has 2 rings (SSSR count). The van der Waals surface area contributed by atoms with Crippen LogP contribution in [-0.4, -0.2) is 36.2 Å². The Hall–Kier alpha value is -3.30. The maximum absolute atomic E-state index is 12.2. The Kier molecular flexibility index (Phi) is 6.36. The fraction of sp³-hybridized carbons (Fsp3) is 0.200. The Morgan fingerprint density at radius 3 is 2.00 bits per heavy atom. The zero-order valence-corrected chi connectivity index (χ0v) is 14.5. The minimum absolute atomic E-state index is 0.345. The minimum Gasteiger partial charge on any atom is -0.467 e. The van der Waals surface area contributed by atoms with Gasteiger partial charge in [-0.25, -0.2) is 4.79 Å². The Balaban J connectivity index is 2.08. The lowest BCUT2D eigenvalue weighted by Gasteiger charge is -2.18. The Morgan fingerprint density at radius 1 is 1.04 bits per heavy atom. The molecule has 6 nitrogen and oxygen atoms in total. The van der Waals surface area contributed by atoms with Gasteiger partial charge >= 0.3 is 5.97 Å². The molecule has 0 bridgehead atoms. The van der Waals surface area contributed by atoms with E-state index in [9.17, 15) is 14.7 Å². The number of methoxy groups -OCH3 is 1. The highest BCUT2D eigenvalue weighted by Gasteiger charge is 2.26. The average molecular weight is 352 g/mol. The van der Waals surface area contributed by atoms with Gasteiger partial charge in [0.05, 0.1) is 13.2 Å². The third-order valence-electron chi connectivity index (χ3n) is 3.63. The first-order valence-corrected chi connectivity index (χ1v) is 7.95. The molecular formula is C20H20N2O4. The van der Waals surface area contributed by atoms with Crippen LogP contribution in [0, 0.1) is 11.8 Å². The summed E-state index contributed by atoms with van der Waals surface area (Å²) in [6, 6.07) is 12.7. The molecule has 2 unspecified atom stereocenters. The number of amides is 1. The summed E-state index contributed by atoms with van der Waals surface area (Å²) in [7, 11) is 1.19. The third-order valence-corrected chi connectivity index (χ3v) is 3.63. The number of hydrogen-bond donors (Lipinski definition) is 3. The van der Waals surface area contributed by atoms with E-state index < -0.39 is 24.0 Å². The van der Waals surface area contributed by atoms with Gasteiger partial charge in [-0.2, -0.15) is 0 Å². The molecule has 0 aliphatic rings. The normalized spacial score (nSPS) is 12.3. The van der Waals surface area contributed by atoms with Crippen LogP contribution in [0.15, 0.2) is 48.5 Å². The molecule has 0 fully saturated rings. The molecule has 0 aromatic heterocycles. The zero-order valence-electron chi connectivity index (χ0n) is 14.5. The fourth-order valence-electron chi connectivity index (χ4n) is 2.14. The molecule has 0 spiro atoms. The maximum Gasteiger partial charge on any atom is 0.331 e. The van der Waals surface area contributed by atoms with Gasteiger partial charge in [-0.05, 0) is 55.5 Å². The highest BCUT2D eigenvalue weighted by Crippen LogP contribution is 2.07. The van der Waals surface area contributed by atoms with Crippen molar-refractivity contribution in [1.29, 1.82) is 0 Å². The first kappa shape index (κ1) is 19.0. The number of anilines is 1. The molecule has 0 saturated carbocycles. The summed E-state index contributed by atoms with van der Waals surface area (Å²) in [6.07, 6.45) is -1.07. The standard InChI is InChI=1S/C20H20N2O4/c1-13(23)18(20(25)26-2)22-19(24)16-9-5-14(6-10-16)3-4-15-7-11-17(21)12-8-15/h5-13,18,23H,21H2,1-2H3,(H,22,24). The van der Waals surface area contributed by atoms with E-state index in [4.69, 9.17) is 5.73 Å². The molecule has 4 N–H and O–H groups in total. The second kappa shape index (κ2) is 8.70. The Bertz CT molecular complexity index is 831. The number of aliphatic hydroxyl groups is 1. The fourth-order valence-corrected chi connectivity index (χ4v) is 2.14. The van der Waals surface area contributed by atoms with Crippen molar-refractivity contribution in [1.82, 2.24) is 5.32 Å². The van der Waals surface area contributed by atoms with E-state index in [1.807, 2.05) is 12.1 Å². The predicted octanol–water partition coefficient (Wildman–Crippen LogP) is 1.32. The first-order valence-electron chi connectivity index (χ1n) is 7.95. The van der Waals surface area contributed by atoms with Crippen LogP contribution in [0.4, 0.5) is 5.69 Å². The van der Waals surface area contributed by atoms with Crippen molar-refractivity contribution in [3.63, 3.8) is 0 Å². The monoisotopic (exact) mass is 352 g/mol. The molecule has 0 radical (unpaired) electrons. The summed E-state index contributed by atoms with van der Waals surface area (Å²) < 4.78 is 4.57. The van der Waals surface area contributed by atoms with E-state index in [0.29, 0.717) is 11.3 Å². The van der Waals surface area contributed by atoms with Gasteiger partial charge in [-0.1, -0.05) is 11.8 Å². The molecule has 0 heterocycles. The molecule has 0 aliphatic carbocycles. The van der Waals surface area contributed by atoms with Crippen molar-refractivity contribution in [2.45, 2.75) is 19.1 Å². The zero-order chi connectivity index (χ0) is 19.1. The smallest absolute Gasteiger partial charge is 0.331 e. The van der Waals surface area contributed by atoms with Gasteiger partial charge in [-0.3, -0.25) is 4.79 Å². The highest BCUT2D eigenvalue weighted by atomic mass is 16.5. The Morgan fingerprint density at radius 2 is 1.54 bits per heavy atom. The summed E-state index contributed by atoms with van der Waals surface area (Å²) in [5.74, 6) is 4.81. The van der Waals surface area contributed by atoms with Crippen molar-refractivity contribution in [2.75, 3.05) is 12.8 Å². The quantitative estimate of drug-likeness (QED) is 0.438. The second-order valence-corrected chi connectivity index (χ2v) is 5.66. The van der Waals surface area contributed by atoms with Crippen LogP contribution in [0.1, 0.15) is 28.4 Å². The van der Waals surface area contributed by atoms with Crippen LogP contribution in [0.5, 0.6) is 0 Å². The van der Waals surface area contributed by atoms with Gasteiger partial charge in [0.15, 0.2) is 6.04 Å². The molecule has 0 aliphatic heterocycles. The Labute approximate surface area is 152 Å². The molecule has 6 heteroatoms. The number of hydrogen-bond acceptors (Lipinski definition) is 5. The summed E-state index contributed by atoms with van der Waals surface area (Å²) in [6.45, 7) is 1.40. The van der Waals surface area contributed by atoms with E-state index in [1.54, 1.807) is 36.4 Å². The number of aliphatic hydroxyl groups excluding tert-OH is 1. The lowest BCUT2D eigenvalue weighted by Crippen LogP contribution is -2.48. The van der Waals surface area contributed by atoms with E-state index in [0.717, 1.165) is 11.1 Å². The first-order chi connectivity index (χ1) is 12.4. The summed E-state index contributed by atoms with van der Waals surface area (Å²) in [5.41, 5.74) is 8.22. The van der Waals surface area contributed by atoms with Crippen LogP contribution < -0.4 is 11.1 Å². The van der Waals surface area contributed by atoms with Gasteiger partial charge in [0.1, 0.15) is 0 Å². The lowest BCUT2D eigenvalue weighted by molar-refractivity contribution is -0.145. The molecule has 26 heavy (non-hydrogen) atoms. The highest BCUT2D eigenvalue weighted by molar-refractivity contribution is 5.97. The molecule has 2 aromatic carbocycles. The van der Waals surface area contributed by atoms with E-state index >= 15 is 0 Å². The summed E-state index contributed by atoms with van der Waals surface area (Å²) in [4.78, 5) is 23.8. The summed E-state index contributed by atoms with van der Waals surface area (Å²) in [5, 5.41) is 12.1. The number of rotatable bonds is 4. The molecule has 2 aromatic rings. The van der Waals surface area contributed by atoms with Gasteiger partial charge in [-0.15, -0.1) is 0 Å². The van der Waals surface area contributed by atoms with Crippen LogP contribution in [0.25, 0.3) is 0 Å². The van der Waals surface area contributed by atoms with Gasteiger partial charge in [0.2, 0.25) is 0 Å². The van der Waals surface area contributed by atoms with Crippen LogP contribution >= 0.6 is 0 Å². The van der Waals surface area contributed by atoms with E-state index in [-0.39, 0.29) is 0 Å². The topological polar surface area (TPSA) is 102 Å². The van der Waals surface area contributed by atoms with Gasteiger partial charge in [0.25, 0.3) is 5.91 Å². The van der Waals surface area contributed by atoms with Crippen LogP contribution in [0.2, 0.25) is 0 Å². The van der Waals surface area contributed by atoms with Crippen molar-refractivity contribution in [3.05, 3.63) is 65.2 Å². The van der Waals surface area contributed by atoms with Gasteiger partial charge in [0, 0.05) is 22.4 Å². The third kappa shape index (κ3) is 5.10. The van der Waals surface area contributed by atoms with Crippen LogP contribution in [-0.2, 0) is 9.53 Å². The number of nitrogens with two attached hydrogens (primary N) is 1. The second-order valence-electron chi connectivity index (χ2n) is 5.66. The number of nitrogens with one attached hydrogen (secondary N) is 1.